The van der Waals surface area contributed by atoms with Crippen molar-refractivity contribution in [1.82, 2.24) is 0 Å². The van der Waals surface area contributed by atoms with Gasteiger partial charge in [-0.05, 0) is 25.0 Å². The highest BCUT2D eigenvalue weighted by Gasteiger charge is 2.27. The molecule has 2 atom stereocenters. The zero-order chi connectivity index (χ0) is 14.4. The van der Waals surface area contributed by atoms with Gasteiger partial charge in [0.15, 0.2) is 0 Å². The van der Waals surface area contributed by atoms with Crippen LogP contribution in [0.4, 0.5) is 4.79 Å². The molecule has 6 heteroatoms. The fourth-order valence-corrected chi connectivity index (χ4v) is 2.44. The van der Waals surface area contributed by atoms with E-state index in [1.165, 1.54) is 0 Å². The van der Waals surface area contributed by atoms with E-state index in [1.54, 1.807) is 18.2 Å². The fourth-order valence-electron chi connectivity index (χ4n) is 1.81. The second kappa shape index (κ2) is 7.58. The highest BCUT2D eigenvalue weighted by Crippen LogP contribution is 2.34. The summed E-state index contributed by atoms with van der Waals surface area (Å²) in [5.74, 6) is 0. The summed E-state index contributed by atoms with van der Waals surface area (Å²) in [6, 6.07) is 4.91. The van der Waals surface area contributed by atoms with E-state index < -0.39 is 18.3 Å². The molecule has 0 saturated carbocycles. The molecule has 0 spiro atoms. The predicted octanol–water partition coefficient (Wildman–Crippen LogP) is 3.68. The average molecular weight is 306 g/mol. The summed E-state index contributed by atoms with van der Waals surface area (Å²) in [6.45, 7) is 2.00. The maximum atomic E-state index is 10.9. The molecule has 3 N–H and O–H groups in total. The first kappa shape index (κ1) is 16.1. The zero-order valence-electron chi connectivity index (χ0n) is 10.6. The molecular weight excluding hydrogens is 289 g/mol. The molecule has 0 aliphatic rings. The van der Waals surface area contributed by atoms with Crippen LogP contribution < -0.4 is 5.73 Å². The summed E-state index contributed by atoms with van der Waals surface area (Å²) in [6.07, 6.45) is -0.598. The van der Waals surface area contributed by atoms with Crippen molar-refractivity contribution in [3.05, 3.63) is 33.8 Å². The Labute approximate surface area is 122 Å². The Bertz CT molecular complexity index is 420. The van der Waals surface area contributed by atoms with Gasteiger partial charge in [0.25, 0.3) is 0 Å². The Morgan fingerprint density at radius 2 is 2.00 bits per heavy atom. The van der Waals surface area contributed by atoms with E-state index >= 15 is 0 Å². The van der Waals surface area contributed by atoms with Crippen molar-refractivity contribution < 1.29 is 14.6 Å². The third-order valence-corrected chi connectivity index (χ3v) is 3.42. The number of rotatable bonds is 6. The number of carbonyl (C=O) groups excluding carboxylic acids is 1. The van der Waals surface area contributed by atoms with Crippen molar-refractivity contribution in [3.63, 3.8) is 0 Å². The Morgan fingerprint density at radius 1 is 1.42 bits per heavy atom. The van der Waals surface area contributed by atoms with Gasteiger partial charge in [-0.2, -0.15) is 0 Å². The molecule has 19 heavy (non-hydrogen) atoms. The van der Waals surface area contributed by atoms with Crippen LogP contribution in [-0.4, -0.2) is 17.3 Å². The molecule has 1 aromatic carbocycles. The molecule has 0 aliphatic heterocycles. The van der Waals surface area contributed by atoms with E-state index in [4.69, 9.17) is 33.7 Å². The van der Waals surface area contributed by atoms with Gasteiger partial charge in [0.2, 0.25) is 0 Å². The lowest BCUT2D eigenvalue weighted by Crippen LogP contribution is -2.28. The topological polar surface area (TPSA) is 72.5 Å². The minimum absolute atomic E-state index is 0.328. The largest absolute Gasteiger partial charge is 0.443 e. The van der Waals surface area contributed by atoms with Gasteiger partial charge in [-0.1, -0.05) is 42.6 Å². The van der Waals surface area contributed by atoms with Gasteiger partial charge in [-0.25, -0.2) is 4.79 Å². The van der Waals surface area contributed by atoms with Gasteiger partial charge in [-0.3, -0.25) is 0 Å². The molecule has 1 aromatic rings. The average Bonchev–Trinajstić information content (AvgIpc) is 2.33. The monoisotopic (exact) mass is 305 g/mol. The number of carbonyl (C=O) groups is 1. The number of aliphatic hydroxyl groups is 1. The number of ether oxygens (including phenoxy) is 1. The van der Waals surface area contributed by atoms with E-state index in [9.17, 15) is 9.90 Å². The summed E-state index contributed by atoms with van der Waals surface area (Å²) in [5, 5.41) is 11.0. The molecule has 2 unspecified atom stereocenters. The highest BCUT2D eigenvalue weighted by molar-refractivity contribution is 6.36. The quantitative estimate of drug-likeness (QED) is 0.842. The number of hydrogen-bond acceptors (Lipinski definition) is 3. The van der Waals surface area contributed by atoms with Crippen molar-refractivity contribution in [3.8, 4) is 0 Å². The predicted molar refractivity (Wildman–Crippen MR) is 75.4 cm³/mol. The summed E-state index contributed by atoms with van der Waals surface area (Å²) < 4.78 is 4.95. The number of nitrogens with two attached hydrogens (primary N) is 1. The van der Waals surface area contributed by atoms with Gasteiger partial charge in [0.05, 0.1) is 0 Å². The van der Waals surface area contributed by atoms with Crippen LogP contribution in [0.2, 0.25) is 10.0 Å². The van der Waals surface area contributed by atoms with Crippen molar-refractivity contribution in [1.29, 1.82) is 0 Å². The van der Waals surface area contributed by atoms with Crippen LogP contribution in [0.15, 0.2) is 18.2 Å². The first-order valence-electron chi connectivity index (χ1n) is 6.05. The standard InChI is InChI=1S/C13H17Cl2NO3/c1-2-3-7-10(19-13(16)18)12(17)11-8(14)5-4-6-9(11)15/h4-6,10,12,17H,2-3,7H2,1H3,(H2,16,18). The third kappa shape index (κ3) is 4.56. The number of hydrogen-bond donors (Lipinski definition) is 2. The minimum Gasteiger partial charge on any atom is -0.443 e. The minimum atomic E-state index is -1.10. The number of amides is 1. The van der Waals surface area contributed by atoms with Crippen molar-refractivity contribution in [2.45, 2.75) is 38.4 Å². The van der Waals surface area contributed by atoms with Crippen LogP contribution in [0.25, 0.3) is 0 Å². The summed E-state index contributed by atoms with van der Waals surface area (Å²) in [5.41, 5.74) is 5.37. The molecule has 106 valence electrons. The lowest BCUT2D eigenvalue weighted by atomic mass is 10.00. The van der Waals surface area contributed by atoms with E-state index in [0.29, 0.717) is 22.0 Å². The lowest BCUT2D eigenvalue weighted by molar-refractivity contribution is -0.000206. The number of halogens is 2. The van der Waals surface area contributed by atoms with Gasteiger partial charge >= 0.3 is 6.09 Å². The molecule has 0 fully saturated rings. The van der Waals surface area contributed by atoms with Crippen LogP contribution in [0.5, 0.6) is 0 Å². The Kier molecular flexibility index (Phi) is 6.42. The number of benzene rings is 1. The second-order valence-corrected chi connectivity index (χ2v) is 5.01. The molecule has 1 rings (SSSR count). The maximum Gasteiger partial charge on any atom is 0.404 e. The van der Waals surface area contributed by atoms with E-state index in [0.717, 1.165) is 12.8 Å². The van der Waals surface area contributed by atoms with Crippen molar-refractivity contribution in [2.75, 3.05) is 0 Å². The van der Waals surface area contributed by atoms with E-state index in [-0.39, 0.29) is 0 Å². The van der Waals surface area contributed by atoms with Crippen LogP contribution in [0, 0.1) is 0 Å². The smallest absolute Gasteiger partial charge is 0.404 e. The first-order valence-corrected chi connectivity index (χ1v) is 6.81. The van der Waals surface area contributed by atoms with Crippen LogP contribution in [-0.2, 0) is 4.74 Å². The van der Waals surface area contributed by atoms with Gasteiger partial charge in [0.1, 0.15) is 12.2 Å². The van der Waals surface area contributed by atoms with Crippen LogP contribution >= 0.6 is 23.2 Å². The molecule has 0 saturated heterocycles. The highest BCUT2D eigenvalue weighted by atomic mass is 35.5. The normalized spacial score (nSPS) is 13.9. The third-order valence-electron chi connectivity index (χ3n) is 2.76. The number of primary amides is 1. The van der Waals surface area contributed by atoms with Gasteiger partial charge in [0, 0.05) is 15.6 Å². The van der Waals surface area contributed by atoms with E-state index in [1.807, 2.05) is 6.92 Å². The summed E-state index contributed by atoms with van der Waals surface area (Å²) in [4.78, 5) is 10.9. The van der Waals surface area contributed by atoms with Crippen LogP contribution in [0.3, 0.4) is 0 Å². The number of aliphatic hydroxyl groups excluding tert-OH is 1. The SMILES string of the molecule is CCCCC(OC(N)=O)C(O)c1c(Cl)cccc1Cl. The molecule has 0 aliphatic carbocycles. The molecule has 0 heterocycles. The van der Waals surface area contributed by atoms with Crippen molar-refractivity contribution >= 4 is 29.3 Å². The van der Waals surface area contributed by atoms with Gasteiger partial charge < -0.3 is 15.6 Å². The van der Waals surface area contributed by atoms with Crippen LogP contribution in [0.1, 0.15) is 37.9 Å². The lowest BCUT2D eigenvalue weighted by Gasteiger charge is -2.24. The molecule has 0 bridgehead atoms. The first-order chi connectivity index (χ1) is 8.97. The second-order valence-electron chi connectivity index (χ2n) is 4.20. The zero-order valence-corrected chi connectivity index (χ0v) is 12.1. The molecule has 0 aromatic heterocycles. The Hall–Kier alpha value is -0.970. The number of unbranched alkanes of at least 4 members (excludes halogenated alkanes) is 1. The van der Waals surface area contributed by atoms with Gasteiger partial charge in [-0.15, -0.1) is 0 Å². The Morgan fingerprint density at radius 3 is 2.47 bits per heavy atom. The summed E-state index contributed by atoms with van der Waals surface area (Å²) in [7, 11) is 0. The molecule has 0 radical (unpaired) electrons. The summed E-state index contributed by atoms with van der Waals surface area (Å²) >= 11 is 12.0. The Balaban J connectivity index is 2.97. The molecule has 1 amide bonds. The molecule has 4 nitrogen and oxygen atoms in total. The fraction of sp³-hybridized carbons (Fsp3) is 0.462. The maximum absolute atomic E-state index is 10.9. The van der Waals surface area contributed by atoms with E-state index in [2.05, 4.69) is 0 Å². The van der Waals surface area contributed by atoms with Crippen molar-refractivity contribution in [2.24, 2.45) is 5.73 Å². The molecular formula is C13H17Cl2NO3.